The summed E-state index contributed by atoms with van der Waals surface area (Å²) in [5.74, 6) is 1.27. The van der Waals surface area contributed by atoms with Crippen LogP contribution >= 0.6 is 21.6 Å². The Labute approximate surface area is 176 Å². The van der Waals surface area contributed by atoms with Crippen molar-refractivity contribution in [1.29, 1.82) is 0 Å². The second-order valence-electron chi connectivity index (χ2n) is 5.52. The van der Waals surface area contributed by atoms with E-state index in [1.165, 1.54) is 7.11 Å². The maximum absolute atomic E-state index is 11.6. The van der Waals surface area contributed by atoms with Crippen LogP contribution in [0.3, 0.4) is 0 Å². The minimum absolute atomic E-state index is 0.0280. The van der Waals surface area contributed by atoms with Gasteiger partial charge in [-0.3, -0.25) is 9.59 Å². The van der Waals surface area contributed by atoms with Crippen LogP contribution < -0.4 is 5.32 Å². The second-order valence-corrected chi connectivity index (χ2v) is 8.22. The van der Waals surface area contributed by atoms with Gasteiger partial charge in [-0.25, -0.2) is 0 Å². The molecular formula is C18H35NO7S2. The Morgan fingerprint density at radius 3 is 1.86 bits per heavy atom. The van der Waals surface area contributed by atoms with E-state index in [1.54, 1.807) is 21.6 Å². The van der Waals surface area contributed by atoms with Gasteiger partial charge in [0.05, 0.1) is 59.8 Å². The number of nitrogens with one attached hydrogen (secondary N) is 1. The number of methoxy groups -OCH3 is 1. The second kappa shape index (κ2) is 22.8. The topological polar surface area (TPSA) is 92.3 Å². The van der Waals surface area contributed by atoms with Crippen LogP contribution in [0.15, 0.2) is 0 Å². The van der Waals surface area contributed by atoms with E-state index in [-0.39, 0.29) is 11.9 Å². The number of carbonyl (C=O) groups excluding carboxylic acids is 2. The first-order chi connectivity index (χ1) is 13.7. The van der Waals surface area contributed by atoms with Gasteiger partial charge in [0, 0.05) is 31.1 Å². The fourth-order valence-electron chi connectivity index (χ4n) is 1.74. The summed E-state index contributed by atoms with van der Waals surface area (Å²) < 4.78 is 26.0. The fraction of sp³-hybridized carbons (Fsp3) is 0.889. The van der Waals surface area contributed by atoms with Gasteiger partial charge in [-0.2, -0.15) is 0 Å². The average molecular weight is 442 g/mol. The van der Waals surface area contributed by atoms with E-state index in [9.17, 15) is 9.59 Å². The normalized spacial score (nSPS) is 10.8. The van der Waals surface area contributed by atoms with E-state index in [1.807, 2.05) is 0 Å². The van der Waals surface area contributed by atoms with Crippen LogP contribution in [-0.4, -0.2) is 89.9 Å². The summed E-state index contributed by atoms with van der Waals surface area (Å²) in [6, 6.07) is 0. The van der Waals surface area contributed by atoms with Crippen LogP contribution in [0, 0.1) is 0 Å². The van der Waals surface area contributed by atoms with Gasteiger partial charge in [0.25, 0.3) is 0 Å². The van der Waals surface area contributed by atoms with E-state index >= 15 is 0 Å². The lowest BCUT2D eigenvalue weighted by atomic mass is 10.4. The third kappa shape index (κ3) is 21.8. The van der Waals surface area contributed by atoms with Crippen LogP contribution in [-0.2, 0) is 33.3 Å². The number of rotatable bonds is 21. The molecule has 0 rings (SSSR count). The van der Waals surface area contributed by atoms with Gasteiger partial charge >= 0.3 is 5.97 Å². The van der Waals surface area contributed by atoms with E-state index in [0.29, 0.717) is 71.4 Å². The van der Waals surface area contributed by atoms with Gasteiger partial charge in [-0.15, -0.1) is 0 Å². The highest BCUT2D eigenvalue weighted by molar-refractivity contribution is 8.76. The van der Waals surface area contributed by atoms with Crippen molar-refractivity contribution in [2.45, 2.75) is 26.2 Å². The molecule has 0 heterocycles. The van der Waals surface area contributed by atoms with Crippen LogP contribution in [0.25, 0.3) is 0 Å². The molecule has 0 unspecified atom stereocenters. The maximum atomic E-state index is 11.6. The largest absolute Gasteiger partial charge is 0.469 e. The zero-order valence-corrected chi connectivity index (χ0v) is 18.7. The molecule has 28 heavy (non-hydrogen) atoms. The Morgan fingerprint density at radius 2 is 1.29 bits per heavy atom. The quantitative estimate of drug-likeness (QED) is 0.163. The SMILES string of the molecule is CCCOCCOCCOCCOCCC(=O)NCCSSCCC(=O)OC. The molecule has 10 heteroatoms. The first kappa shape index (κ1) is 27.5. The number of hydrogen-bond acceptors (Lipinski definition) is 9. The van der Waals surface area contributed by atoms with E-state index in [0.717, 1.165) is 18.8 Å². The molecule has 166 valence electrons. The molecule has 0 aliphatic heterocycles. The number of ether oxygens (including phenoxy) is 5. The number of carbonyl (C=O) groups is 2. The third-order valence-corrected chi connectivity index (χ3v) is 5.55. The van der Waals surface area contributed by atoms with Crippen molar-refractivity contribution < 1.29 is 33.3 Å². The lowest BCUT2D eigenvalue weighted by molar-refractivity contribution is -0.140. The zero-order chi connectivity index (χ0) is 20.7. The Balaban J connectivity index is 3.18. The minimum Gasteiger partial charge on any atom is -0.469 e. The van der Waals surface area contributed by atoms with Gasteiger partial charge in [0.15, 0.2) is 0 Å². The highest BCUT2D eigenvalue weighted by Gasteiger charge is 2.02. The van der Waals surface area contributed by atoms with E-state index in [2.05, 4.69) is 17.0 Å². The van der Waals surface area contributed by atoms with Gasteiger partial charge in [-0.1, -0.05) is 28.5 Å². The smallest absolute Gasteiger partial charge is 0.306 e. The van der Waals surface area contributed by atoms with Crippen molar-refractivity contribution in [3.63, 3.8) is 0 Å². The van der Waals surface area contributed by atoms with Crippen molar-refractivity contribution in [1.82, 2.24) is 5.32 Å². The molecule has 0 radical (unpaired) electrons. The minimum atomic E-state index is -0.201. The highest BCUT2D eigenvalue weighted by Crippen LogP contribution is 2.21. The average Bonchev–Trinajstić information content (AvgIpc) is 2.70. The number of hydrogen-bond donors (Lipinski definition) is 1. The lowest BCUT2D eigenvalue weighted by Crippen LogP contribution is -2.26. The predicted molar refractivity (Wildman–Crippen MR) is 113 cm³/mol. The molecule has 1 N–H and O–H groups in total. The number of esters is 1. The van der Waals surface area contributed by atoms with Gasteiger partial charge in [0.1, 0.15) is 0 Å². The molecule has 0 aromatic rings. The summed E-state index contributed by atoms with van der Waals surface area (Å²) in [7, 11) is 4.61. The third-order valence-electron chi connectivity index (χ3n) is 3.15. The molecule has 0 bridgehead atoms. The summed E-state index contributed by atoms with van der Waals surface area (Å²) in [4.78, 5) is 22.6. The molecule has 0 aliphatic rings. The summed E-state index contributed by atoms with van der Waals surface area (Å²) in [5.41, 5.74) is 0. The van der Waals surface area contributed by atoms with Crippen molar-refractivity contribution in [2.24, 2.45) is 0 Å². The van der Waals surface area contributed by atoms with Crippen LogP contribution in [0.2, 0.25) is 0 Å². The Bertz CT molecular complexity index is 376. The monoisotopic (exact) mass is 441 g/mol. The molecule has 0 saturated heterocycles. The van der Waals surface area contributed by atoms with Gasteiger partial charge < -0.3 is 29.0 Å². The fourth-order valence-corrected chi connectivity index (χ4v) is 3.61. The zero-order valence-electron chi connectivity index (χ0n) is 17.1. The van der Waals surface area contributed by atoms with Crippen molar-refractivity contribution in [3.8, 4) is 0 Å². The van der Waals surface area contributed by atoms with Gasteiger partial charge in [0.2, 0.25) is 5.91 Å². The Hall–Kier alpha value is -0.520. The van der Waals surface area contributed by atoms with E-state index < -0.39 is 0 Å². The summed E-state index contributed by atoms with van der Waals surface area (Å²) in [6.45, 7) is 7.02. The molecule has 0 saturated carbocycles. The summed E-state index contributed by atoms with van der Waals surface area (Å²) >= 11 is 0. The first-order valence-corrected chi connectivity index (χ1v) is 12.1. The molecule has 0 spiro atoms. The molecule has 0 fully saturated rings. The maximum Gasteiger partial charge on any atom is 0.306 e. The van der Waals surface area contributed by atoms with Crippen molar-refractivity contribution in [2.75, 3.05) is 78.0 Å². The number of amides is 1. The predicted octanol–water partition coefficient (Wildman–Crippen LogP) is 1.91. The molecule has 0 atom stereocenters. The molecular weight excluding hydrogens is 406 g/mol. The standard InChI is InChI=1S/C18H35NO7S2/c1-3-7-23-9-11-25-13-14-26-12-10-24-8-4-17(20)19-6-16-28-27-15-5-18(21)22-2/h3-16H2,1-2H3,(H,19,20). The molecule has 0 aromatic carbocycles. The first-order valence-electron chi connectivity index (χ1n) is 9.59. The van der Waals surface area contributed by atoms with Crippen molar-refractivity contribution >= 4 is 33.5 Å². The highest BCUT2D eigenvalue weighted by atomic mass is 33.1. The molecule has 0 aliphatic carbocycles. The van der Waals surface area contributed by atoms with Gasteiger partial charge in [-0.05, 0) is 6.42 Å². The van der Waals surface area contributed by atoms with Crippen molar-refractivity contribution in [3.05, 3.63) is 0 Å². The molecule has 1 amide bonds. The van der Waals surface area contributed by atoms with Crippen LogP contribution in [0.1, 0.15) is 26.2 Å². The summed E-state index contributed by atoms with van der Waals surface area (Å²) in [5, 5.41) is 2.83. The van der Waals surface area contributed by atoms with E-state index in [4.69, 9.17) is 18.9 Å². The van der Waals surface area contributed by atoms with Crippen LogP contribution in [0.5, 0.6) is 0 Å². The molecule has 8 nitrogen and oxygen atoms in total. The lowest BCUT2D eigenvalue weighted by Gasteiger charge is -2.07. The summed E-state index contributed by atoms with van der Waals surface area (Å²) in [6.07, 6.45) is 1.76. The molecule has 0 aromatic heterocycles. The Morgan fingerprint density at radius 1 is 0.750 bits per heavy atom. The van der Waals surface area contributed by atoms with Crippen LogP contribution in [0.4, 0.5) is 0 Å². The Kier molecular flexibility index (Phi) is 22.3.